The molecule has 1 aromatic heterocycles. The van der Waals surface area contributed by atoms with Crippen molar-refractivity contribution in [1.82, 2.24) is 9.97 Å². The quantitative estimate of drug-likeness (QED) is 0.170. The van der Waals surface area contributed by atoms with E-state index in [1.807, 2.05) is 24.3 Å². The van der Waals surface area contributed by atoms with E-state index in [1.54, 1.807) is 0 Å². The average Bonchev–Trinajstić information content (AvgIpc) is 3.21. The minimum absolute atomic E-state index is 0.714. The van der Waals surface area contributed by atoms with Gasteiger partial charge in [-0.05, 0) is 73.1 Å². The van der Waals surface area contributed by atoms with E-state index >= 15 is 0 Å². The van der Waals surface area contributed by atoms with Crippen LogP contribution in [0.15, 0.2) is 194 Å². The number of fused-ring (bicyclic) bond motifs is 2. The molecule has 0 saturated heterocycles. The van der Waals surface area contributed by atoms with Gasteiger partial charge < -0.3 is 0 Å². The van der Waals surface area contributed by atoms with Crippen molar-refractivity contribution in [2.75, 3.05) is 0 Å². The number of benzene rings is 8. The Bertz CT molecular complexity index is 2560. The van der Waals surface area contributed by atoms with Crippen LogP contribution in [0.5, 0.6) is 0 Å². The Hall–Kier alpha value is -6.64. The molecule has 0 radical (unpaired) electrons. The summed E-state index contributed by atoms with van der Waals surface area (Å²) >= 11 is 0. The Kier molecular flexibility index (Phi) is 7.53. The maximum absolute atomic E-state index is 5.11. The summed E-state index contributed by atoms with van der Waals surface area (Å²) in [5.41, 5.74) is 12.1. The van der Waals surface area contributed by atoms with Crippen molar-refractivity contribution in [2.24, 2.45) is 0 Å². The van der Waals surface area contributed by atoms with Crippen molar-refractivity contribution in [1.29, 1.82) is 0 Å². The van der Waals surface area contributed by atoms with Gasteiger partial charge in [0, 0.05) is 16.7 Å². The highest BCUT2D eigenvalue weighted by Gasteiger charge is 2.18. The first-order valence-electron chi connectivity index (χ1n) is 17.0. The highest BCUT2D eigenvalue weighted by molar-refractivity contribution is 6.22. The molecule has 0 N–H and O–H groups in total. The molecule has 9 rings (SSSR count). The van der Waals surface area contributed by atoms with Gasteiger partial charge in [0.15, 0.2) is 5.82 Å². The minimum atomic E-state index is 0.714. The van der Waals surface area contributed by atoms with Gasteiger partial charge >= 0.3 is 0 Å². The van der Waals surface area contributed by atoms with Crippen molar-refractivity contribution >= 4 is 21.5 Å². The fourth-order valence-corrected chi connectivity index (χ4v) is 7.12. The van der Waals surface area contributed by atoms with Gasteiger partial charge in [-0.3, -0.25) is 0 Å². The van der Waals surface area contributed by atoms with Crippen LogP contribution < -0.4 is 0 Å². The third-order valence-electron chi connectivity index (χ3n) is 9.47. The minimum Gasteiger partial charge on any atom is -0.228 e. The summed E-state index contributed by atoms with van der Waals surface area (Å²) in [6, 6.07) is 68.7. The zero-order valence-corrected chi connectivity index (χ0v) is 27.4. The standard InChI is InChI=1S/C48H32N2/c1-5-16-33(17-6-1)44-32-45(50-48(49-44)36-22-11-4-12-23-36)39-25-15-24-37(30-39)38-28-29-42-43(31-38)47(35-20-9-3-10-21-35)41-27-14-13-26-40(41)46(42)34-18-7-2-8-19-34/h1-32H. The van der Waals surface area contributed by atoms with Crippen molar-refractivity contribution in [2.45, 2.75) is 0 Å². The molecule has 0 spiro atoms. The third kappa shape index (κ3) is 5.43. The molecule has 0 aliphatic heterocycles. The molecule has 0 fully saturated rings. The largest absolute Gasteiger partial charge is 0.228 e. The number of hydrogen-bond donors (Lipinski definition) is 0. The Labute approximate surface area is 292 Å². The second kappa shape index (κ2) is 12.8. The number of hydrogen-bond acceptors (Lipinski definition) is 2. The summed E-state index contributed by atoms with van der Waals surface area (Å²) in [6.45, 7) is 0. The summed E-state index contributed by atoms with van der Waals surface area (Å²) in [4.78, 5) is 10.1. The van der Waals surface area contributed by atoms with E-state index in [0.717, 1.165) is 39.2 Å². The van der Waals surface area contributed by atoms with Gasteiger partial charge in [0.2, 0.25) is 0 Å². The second-order valence-corrected chi connectivity index (χ2v) is 12.6. The molecule has 0 bridgehead atoms. The van der Waals surface area contributed by atoms with Gasteiger partial charge in [-0.1, -0.05) is 176 Å². The Balaban J connectivity index is 1.25. The van der Waals surface area contributed by atoms with Gasteiger partial charge in [-0.15, -0.1) is 0 Å². The molecule has 2 nitrogen and oxygen atoms in total. The van der Waals surface area contributed by atoms with Gasteiger partial charge in [0.1, 0.15) is 0 Å². The smallest absolute Gasteiger partial charge is 0.160 e. The second-order valence-electron chi connectivity index (χ2n) is 12.6. The molecular formula is C48H32N2. The van der Waals surface area contributed by atoms with E-state index in [-0.39, 0.29) is 0 Å². The Morgan fingerprint density at radius 3 is 1.26 bits per heavy atom. The lowest BCUT2D eigenvalue weighted by atomic mass is 9.85. The van der Waals surface area contributed by atoms with Crippen LogP contribution in [0.4, 0.5) is 0 Å². The normalized spacial score (nSPS) is 11.2. The van der Waals surface area contributed by atoms with Gasteiger partial charge in [-0.2, -0.15) is 0 Å². The third-order valence-corrected chi connectivity index (χ3v) is 9.47. The van der Waals surface area contributed by atoms with Crippen LogP contribution in [0.1, 0.15) is 0 Å². The molecule has 9 aromatic rings. The van der Waals surface area contributed by atoms with E-state index < -0.39 is 0 Å². The maximum Gasteiger partial charge on any atom is 0.160 e. The van der Waals surface area contributed by atoms with Crippen molar-refractivity contribution in [3.8, 4) is 67.3 Å². The molecule has 0 aliphatic carbocycles. The molecule has 0 aliphatic rings. The summed E-state index contributed by atoms with van der Waals surface area (Å²) in [5, 5.41) is 4.98. The zero-order chi connectivity index (χ0) is 33.3. The first kappa shape index (κ1) is 29.5. The fraction of sp³-hybridized carbons (Fsp3) is 0. The Morgan fingerprint density at radius 2 is 0.660 bits per heavy atom. The molecule has 50 heavy (non-hydrogen) atoms. The molecule has 8 aromatic carbocycles. The number of aromatic nitrogens is 2. The van der Waals surface area contributed by atoms with Crippen LogP contribution in [-0.4, -0.2) is 9.97 Å². The highest BCUT2D eigenvalue weighted by atomic mass is 14.9. The van der Waals surface area contributed by atoms with Gasteiger partial charge in [0.05, 0.1) is 11.4 Å². The van der Waals surface area contributed by atoms with Gasteiger partial charge in [0.25, 0.3) is 0 Å². The van der Waals surface area contributed by atoms with Crippen LogP contribution in [0.3, 0.4) is 0 Å². The zero-order valence-electron chi connectivity index (χ0n) is 27.4. The first-order valence-corrected chi connectivity index (χ1v) is 17.0. The summed E-state index contributed by atoms with van der Waals surface area (Å²) < 4.78 is 0. The molecule has 2 heteroatoms. The van der Waals surface area contributed by atoms with Crippen LogP contribution in [0, 0.1) is 0 Å². The van der Waals surface area contributed by atoms with E-state index in [1.165, 1.54) is 43.8 Å². The van der Waals surface area contributed by atoms with E-state index in [0.29, 0.717) is 5.82 Å². The fourth-order valence-electron chi connectivity index (χ4n) is 7.12. The van der Waals surface area contributed by atoms with E-state index in [2.05, 4.69) is 170 Å². The SMILES string of the molecule is c1ccc(-c2cc(-c3cccc(-c4ccc5c(-c6ccccc6)c6ccccc6c(-c6ccccc6)c5c4)c3)nc(-c3ccccc3)n2)cc1. The molecule has 0 saturated carbocycles. The van der Waals surface area contributed by atoms with E-state index in [4.69, 9.17) is 9.97 Å². The molecule has 0 amide bonds. The predicted molar refractivity (Wildman–Crippen MR) is 210 cm³/mol. The lowest BCUT2D eigenvalue weighted by Gasteiger charge is -2.19. The Morgan fingerprint density at radius 1 is 0.240 bits per heavy atom. The molecule has 234 valence electrons. The van der Waals surface area contributed by atoms with Crippen molar-refractivity contribution < 1.29 is 0 Å². The van der Waals surface area contributed by atoms with E-state index in [9.17, 15) is 0 Å². The molecular weight excluding hydrogens is 605 g/mol. The summed E-state index contributed by atoms with van der Waals surface area (Å²) in [6.07, 6.45) is 0. The van der Waals surface area contributed by atoms with Gasteiger partial charge in [-0.25, -0.2) is 9.97 Å². The molecule has 0 unspecified atom stereocenters. The number of nitrogens with zero attached hydrogens (tertiary/aromatic N) is 2. The van der Waals surface area contributed by atoms with Crippen molar-refractivity contribution in [3.05, 3.63) is 194 Å². The molecule has 1 heterocycles. The lowest BCUT2D eigenvalue weighted by molar-refractivity contribution is 1.18. The van der Waals surface area contributed by atoms with Crippen LogP contribution in [0.25, 0.3) is 88.8 Å². The topological polar surface area (TPSA) is 25.8 Å². The monoisotopic (exact) mass is 636 g/mol. The maximum atomic E-state index is 5.11. The predicted octanol–water partition coefficient (Wildman–Crippen LogP) is 12.8. The van der Waals surface area contributed by atoms with Crippen LogP contribution in [0.2, 0.25) is 0 Å². The summed E-state index contributed by atoms with van der Waals surface area (Å²) in [5.74, 6) is 0.714. The lowest BCUT2D eigenvalue weighted by Crippen LogP contribution is -1.96. The van der Waals surface area contributed by atoms with Crippen LogP contribution in [-0.2, 0) is 0 Å². The van der Waals surface area contributed by atoms with Crippen LogP contribution >= 0.6 is 0 Å². The highest BCUT2D eigenvalue weighted by Crippen LogP contribution is 2.45. The molecule has 0 atom stereocenters. The summed E-state index contributed by atoms with van der Waals surface area (Å²) in [7, 11) is 0. The van der Waals surface area contributed by atoms with Crippen molar-refractivity contribution in [3.63, 3.8) is 0 Å². The average molecular weight is 637 g/mol. The number of rotatable bonds is 6. The first-order chi connectivity index (χ1) is 24.8.